The van der Waals surface area contributed by atoms with Gasteiger partial charge in [0.2, 0.25) is 0 Å². The fourth-order valence-electron chi connectivity index (χ4n) is 2.96. The van der Waals surface area contributed by atoms with E-state index in [0.29, 0.717) is 16.3 Å². The normalized spacial score (nSPS) is 12.3. The summed E-state index contributed by atoms with van der Waals surface area (Å²) in [6.07, 6.45) is 0. The highest BCUT2D eigenvalue weighted by molar-refractivity contribution is 7.92. The average Bonchev–Trinajstić information content (AvgIpc) is 2.74. The third kappa shape index (κ3) is 4.83. The van der Waals surface area contributed by atoms with Crippen molar-refractivity contribution in [1.82, 2.24) is 5.32 Å². The number of carbonyl (C=O) groups excluding carboxylic acids is 1. The number of carbonyl (C=O) groups is 1. The highest BCUT2D eigenvalue weighted by Gasteiger charge is 2.22. The van der Waals surface area contributed by atoms with Crippen LogP contribution in [0.1, 0.15) is 34.5 Å². The minimum Gasteiger partial charge on any atom is -0.346 e. The van der Waals surface area contributed by atoms with Gasteiger partial charge in [0, 0.05) is 17.6 Å². The van der Waals surface area contributed by atoms with E-state index in [4.69, 9.17) is 11.6 Å². The molecule has 0 aromatic heterocycles. The van der Waals surface area contributed by atoms with Crippen LogP contribution in [0.4, 0.5) is 5.69 Å². The van der Waals surface area contributed by atoms with Gasteiger partial charge < -0.3 is 5.32 Å². The molecule has 0 aliphatic carbocycles. The molecule has 3 aromatic rings. The summed E-state index contributed by atoms with van der Waals surface area (Å²) in [6, 6.07) is 20.2. The van der Waals surface area contributed by atoms with Crippen molar-refractivity contribution in [3.63, 3.8) is 0 Å². The number of aryl methyl sites for hydroxylation is 1. The Morgan fingerprint density at radius 3 is 2.27 bits per heavy atom. The first-order chi connectivity index (χ1) is 14.2. The zero-order valence-corrected chi connectivity index (χ0v) is 18.5. The molecule has 0 fully saturated rings. The lowest BCUT2D eigenvalue weighted by Crippen LogP contribution is -2.28. The first kappa shape index (κ1) is 21.9. The smallest absolute Gasteiger partial charge is 0.264 e. The van der Waals surface area contributed by atoms with Crippen LogP contribution in [0.2, 0.25) is 5.02 Å². The van der Waals surface area contributed by atoms with Crippen molar-refractivity contribution >= 4 is 33.2 Å². The Balaban J connectivity index is 1.80. The number of amides is 1. The second-order valence-electron chi connectivity index (χ2n) is 7.08. The fraction of sp³-hybridized carbons (Fsp3) is 0.174. The van der Waals surface area contributed by atoms with Crippen LogP contribution in [0.15, 0.2) is 77.7 Å². The predicted octanol–water partition coefficient (Wildman–Crippen LogP) is 4.96. The van der Waals surface area contributed by atoms with E-state index in [-0.39, 0.29) is 16.8 Å². The summed E-state index contributed by atoms with van der Waals surface area (Å²) in [5.74, 6) is -0.276. The molecule has 0 heterocycles. The van der Waals surface area contributed by atoms with Crippen LogP contribution in [0.25, 0.3) is 0 Å². The average molecular weight is 443 g/mol. The Morgan fingerprint density at radius 2 is 1.63 bits per heavy atom. The highest BCUT2D eigenvalue weighted by Crippen LogP contribution is 2.24. The lowest BCUT2D eigenvalue weighted by atomic mass is 10.1. The van der Waals surface area contributed by atoms with Gasteiger partial charge in [-0.15, -0.1) is 0 Å². The minimum absolute atomic E-state index is 0.122. The molecule has 0 bridgehead atoms. The fourth-order valence-corrected chi connectivity index (χ4v) is 4.28. The molecule has 0 unspecified atom stereocenters. The molecular formula is C23H23ClN2O3S. The molecule has 0 spiro atoms. The van der Waals surface area contributed by atoms with E-state index in [9.17, 15) is 13.2 Å². The van der Waals surface area contributed by atoms with Gasteiger partial charge >= 0.3 is 0 Å². The van der Waals surface area contributed by atoms with Crippen molar-refractivity contribution in [1.29, 1.82) is 0 Å². The Hall–Kier alpha value is -2.83. The molecule has 0 saturated carbocycles. The number of anilines is 1. The molecule has 0 aliphatic heterocycles. The molecule has 1 atom stereocenters. The summed E-state index contributed by atoms with van der Waals surface area (Å²) in [4.78, 5) is 12.9. The van der Waals surface area contributed by atoms with Crippen LogP contribution in [0, 0.1) is 6.92 Å². The topological polar surface area (TPSA) is 66.5 Å². The zero-order valence-electron chi connectivity index (χ0n) is 17.0. The van der Waals surface area contributed by atoms with Gasteiger partial charge in [0.15, 0.2) is 0 Å². The summed E-state index contributed by atoms with van der Waals surface area (Å²) in [5.41, 5.74) is 2.91. The van der Waals surface area contributed by atoms with E-state index in [2.05, 4.69) is 5.32 Å². The van der Waals surface area contributed by atoms with Gasteiger partial charge in [-0.05, 0) is 61.9 Å². The number of hydrogen-bond acceptors (Lipinski definition) is 3. The van der Waals surface area contributed by atoms with Crippen LogP contribution >= 0.6 is 11.6 Å². The first-order valence-corrected chi connectivity index (χ1v) is 11.2. The van der Waals surface area contributed by atoms with Crippen molar-refractivity contribution in [3.05, 3.63) is 94.5 Å². The van der Waals surface area contributed by atoms with Gasteiger partial charge in [-0.2, -0.15) is 0 Å². The molecule has 3 aromatic carbocycles. The molecular weight excluding hydrogens is 420 g/mol. The molecule has 0 saturated heterocycles. The van der Waals surface area contributed by atoms with E-state index >= 15 is 0 Å². The van der Waals surface area contributed by atoms with Crippen LogP contribution < -0.4 is 9.62 Å². The lowest BCUT2D eigenvalue weighted by molar-refractivity contribution is 0.0940. The van der Waals surface area contributed by atoms with Crippen molar-refractivity contribution in [2.75, 3.05) is 11.4 Å². The summed E-state index contributed by atoms with van der Waals surface area (Å²) < 4.78 is 26.9. The summed E-state index contributed by atoms with van der Waals surface area (Å²) in [5, 5.41) is 3.41. The molecule has 3 rings (SSSR count). The van der Waals surface area contributed by atoms with Gasteiger partial charge in [0.05, 0.1) is 16.6 Å². The standard InChI is InChI=1S/C23H23ClN2O3S/c1-16-7-9-18(10-8-16)17(2)25-23(27)19-5-4-6-21(15-19)26(3)30(28,29)22-13-11-20(24)12-14-22/h4-15,17H,1-3H3,(H,25,27)/t17-/m1/s1. The number of sulfonamides is 1. The van der Waals surface area contributed by atoms with Gasteiger partial charge in [0.25, 0.3) is 15.9 Å². The van der Waals surface area contributed by atoms with Crippen molar-refractivity contribution in [2.24, 2.45) is 0 Å². The van der Waals surface area contributed by atoms with Gasteiger partial charge in [-0.3, -0.25) is 9.10 Å². The lowest BCUT2D eigenvalue weighted by Gasteiger charge is -2.20. The maximum absolute atomic E-state index is 12.9. The third-order valence-corrected chi connectivity index (χ3v) is 6.92. The Kier molecular flexibility index (Phi) is 6.48. The number of nitrogens with zero attached hydrogens (tertiary/aromatic N) is 1. The maximum Gasteiger partial charge on any atom is 0.264 e. The van der Waals surface area contributed by atoms with E-state index in [0.717, 1.165) is 15.4 Å². The second kappa shape index (κ2) is 8.90. The van der Waals surface area contributed by atoms with E-state index in [1.165, 1.54) is 31.3 Å². The van der Waals surface area contributed by atoms with Crippen LogP contribution in [0.3, 0.4) is 0 Å². The quantitative estimate of drug-likeness (QED) is 0.586. The Morgan fingerprint density at radius 1 is 1.00 bits per heavy atom. The van der Waals surface area contributed by atoms with Crippen LogP contribution in [0.5, 0.6) is 0 Å². The number of nitrogens with one attached hydrogen (secondary N) is 1. The number of halogens is 1. The second-order valence-corrected chi connectivity index (χ2v) is 9.49. The molecule has 5 nitrogen and oxygen atoms in total. The predicted molar refractivity (Wildman–Crippen MR) is 121 cm³/mol. The monoisotopic (exact) mass is 442 g/mol. The van der Waals surface area contributed by atoms with E-state index in [1.54, 1.807) is 24.3 Å². The Bertz CT molecular complexity index is 1140. The minimum atomic E-state index is -3.78. The third-order valence-electron chi connectivity index (χ3n) is 4.87. The summed E-state index contributed by atoms with van der Waals surface area (Å²) in [6.45, 7) is 3.91. The molecule has 1 N–H and O–H groups in total. The Labute approximate surface area is 182 Å². The van der Waals surface area contributed by atoms with E-state index in [1.807, 2.05) is 38.1 Å². The number of hydrogen-bond donors (Lipinski definition) is 1. The first-order valence-electron chi connectivity index (χ1n) is 9.40. The van der Waals surface area contributed by atoms with Gasteiger partial charge in [-0.25, -0.2) is 8.42 Å². The summed E-state index contributed by atoms with van der Waals surface area (Å²) >= 11 is 5.85. The molecule has 0 aliphatic rings. The number of rotatable bonds is 6. The maximum atomic E-state index is 12.9. The highest BCUT2D eigenvalue weighted by atomic mass is 35.5. The molecule has 30 heavy (non-hydrogen) atoms. The van der Waals surface area contributed by atoms with Crippen molar-refractivity contribution in [2.45, 2.75) is 24.8 Å². The van der Waals surface area contributed by atoms with Gasteiger partial charge in [0.1, 0.15) is 0 Å². The SMILES string of the molecule is Cc1ccc([C@@H](C)NC(=O)c2cccc(N(C)S(=O)(=O)c3ccc(Cl)cc3)c2)cc1. The largest absolute Gasteiger partial charge is 0.346 e. The van der Waals surface area contributed by atoms with Gasteiger partial charge in [-0.1, -0.05) is 47.5 Å². The summed E-state index contributed by atoms with van der Waals surface area (Å²) in [7, 11) is -2.32. The van der Waals surface area contributed by atoms with Crippen LogP contribution in [-0.4, -0.2) is 21.4 Å². The molecule has 0 radical (unpaired) electrons. The van der Waals surface area contributed by atoms with Crippen molar-refractivity contribution < 1.29 is 13.2 Å². The molecule has 156 valence electrons. The van der Waals surface area contributed by atoms with E-state index < -0.39 is 10.0 Å². The molecule has 1 amide bonds. The van der Waals surface area contributed by atoms with Crippen LogP contribution in [-0.2, 0) is 10.0 Å². The zero-order chi connectivity index (χ0) is 21.9. The molecule has 7 heteroatoms. The van der Waals surface area contributed by atoms with Crippen molar-refractivity contribution in [3.8, 4) is 0 Å². The number of benzene rings is 3.